The van der Waals surface area contributed by atoms with Crippen LogP contribution >= 0.6 is 0 Å². The predicted molar refractivity (Wildman–Crippen MR) is 61.0 cm³/mol. The molecule has 0 saturated carbocycles. The fourth-order valence-electron chi connectivity index (χ4n) is 1.54. The highest BCUT2D eigenvalue weighted by atomic mass is 16.5. The molecule has 0 amide bonds. The Balaban J connectivity index is 3.07. The molecule has 1 rings (SSSR count). The van der Waals surface area contributed by atoms with Crippen molar-refractivity contribution in [3.63, 3.8) is 0 Å². The van der Waals surface area contributed by atoms with Gasteiger partial charge < -0.3 is 19.3 Å². The van der Waals surface area contributed by atoms with Crippen LogP contribution in [-0.2, 0) is 10.3 Å². The Morgan fingerprint density at radius 3 is 2.25 bits per heavy atom. The van der Waals surface area contributed by atoms with E-state index in [-0.39, 0.29) is 6.61 Å². The smallest absolute Gasteiger partial charge is 0.161 e. The second-order valence-electron chi connectivity index (χ2n) is 3.78. The summed E-state index contributed by atoms with van der Waals surface area (Å²) in [5, 5.41) is 10.1. The van der Waals surface area contributed by atoms with Crippen LogP contribution in [0.2, 0.25) is 0 Å². The summed E-state index contributed by atoms with van der Waals surface area (Å²) in [7, 11) is 4.69. The van der Waals surface area contributed by atoms with E-state index in [2.05, 4.69) is 0 Å². The van der Waals surface area contributed by atoms with Crippen molar-refractivity contribution in [2.75, 3.05) is 27.9 Å². The average molecular weight is 226 g/mol. The maximum Gasteiger partial charge on any atom is 0.161 e. The first-order valence-electron chi connectivity index (χ1n) is 4.99. The van der Waals surface area contributed by atoms with Crippen LogP contribution in [0, 0.1) is 0 Å². The minimum atomic E-state index is -1.03. The number of methoxy groups -OCH3 is 3. The van der Waals surface area contributed by atoms with Crippen molar-refractivity contribution in [1.29, 1.82) is 0 Å². The van der Waals surface area contributed by atoms with Crippen LogP contribution in [0.15, 0.2) is 18.2 Å². The number of ether oxygens (including phenoxy) is 3. The van der Waals surface area contributed by atoms with Crippen LogP contribution in [0.1, 0.15) is 12.5 Å². The van der Waals surface area contributed by atoms with E-state index in [4.69, 9.17) is 14.2 Å². The van der Waals surface area contributed by atoms with E-state index >= 15 is 0 Å². The number of aliphatic hydroxyl groups is 1. The summed E-state index contributed by atoms with van der Waals surface area (Å²) in [5.74, 6) is 1.23. The van der Waals surface area contributed by atoms with E-state index in [1.165, 1.54) is 0 Å². The topological polar surface area (TPSA) is 47.9 Å². The van der Waals surface area contributed by atoms with Gasteiger partial charge in [-0.15, -0.1) is 0 Å². The number of benzene rings is 1. The Morgan fingerprint density at radius 2 is 1.75 bits per heavy atom. The third kappa shape index (κ3) is 2.65. The van der Waals surface area contributed by atoms with Crippen molar-refractivity contribution in [3.05, 3.63) is 23.8 Å². The zero-order valence-corrected chi connectivity index (χ0v) is 10.1. The summed E-state index contributed by atoms with van der Waals surface area (Å²) < 4.78 is 15.3. The zero-order chi connectivity index (χ0) is 12.2. The van der Waals surface area contributed by atoms with Gasteiger partial charge in [-0.1, -0.05) is 6.07 Å². The molecular weight excluding hydrogens is 208 g/mol. The van der Waals surface area contributed by atoms with Crippen LogP contribution in [0.25, 0.3) is 0 Å². The maximum atomic E-state index is 10.1. The molecule has 4 nitrogen and oxygen atoms in total. The molecule has 0 aliphatic heterocycles. The fourth-order valence-corrected chi connectivity index (χ4v) is 1.54. The van der Waals surface area contributed by atoms with Gasteiger partial charge in [0.1, 0.15) is 5.60 Å². The highest BCUT2D eigenvalue weighted by Gasteiger charge is 2.24. The molecule has 1 unspecified atom stereocenters. The lowest BCUT2D eigenvalue weighted by molar-refractivity contribution is -0.0209. The van der Waals surface area contributed by atoms with Gasteiger partial charge in [0.2, 0.25) is 0 Å². The Morgan fingerprint density at radius 1 is 1.12 bits per heavy atom. The molecule has 16 heavy (non-hydrogen) atoms. The molecule has 0 radical (unpaired) electrons. The van der Waals surface area contributed by atoms with Crippen LogP contribution < -0.4 is 9.47 Å². The van der Waals surface area contributed by atoms with Gasteiger partial charge in [0.15, 0.2) is 11.5 Å². The first-order chi connectivity index (χ1) is 7.55. The normalized spacial score (nSPS) is 14.3. The highest BCUT2D eigenvalue weighted by molar-refractivity contribution is 5.44. The molecule has 0 aromatic heterocycles. The third-order valence-electron chi connectivity index (χ3n) is 2.43. The first-order valence-corrected chi connectivity index (χ1v) is 4.99. The molecule has 0 heterocycles. The number of hydrogen-bond acceptors (Lipinski definition) is 4. The molecule has 1 aromatic rings. The van der Waals surface area contributed by atoms with Gasteiger partial charge in [0, 0.05) is 7.11 Å². The standard InChI is InChI=1S/C12H18O4/c1-12(13,8-14-2)9-5-6-10(15-3)11(7-9)16-4/h5-7,13H,8H2,1-4H3. The molecule has 0 aliphatic carbocycles. The van der Waals surface area contributed by atoms with Crippen molar-refractivity contribution in [3.8, 4) is 11.5 Å². The second kappa shape index (κ2) is 5.18. The molecular formula is C12H18O4. The number of hydrogen-bond donors (Lipinski definition) is 1. The Hall–Kier alpha value is -1.26. The first kappa shape index (κ1) is 12.8. The Bertz CT molecular complexity index is 347. The summed E-state index contributed by atoms with van der Waals surface area (Å²) >= 11 is 0. The van der Waals surface area contributed by atoms with Gasteiger partial charge in [0.05, 0.1) is 20.8 Å². The van der Waals surface area contributed by atoms with E-state index in [9.17, 15) is 5.11 Å². The summed E-state index contributed by atoms with van der Waals surface area (Å²) in [4.78, 5) is 0. The zero-order valence-electron chi connectivity index (χ0n) is 10.1. The van der Waals surface area contributed by atoms with E-state index in [1.54, 1.807) is 46.5 Å². The fraction of sp³-hybridized carbons (Fsp3) is 0.500. The van der Waals surface area contributed by atoms with Crippen LogP contribution in [0.4, 0.5) is 0 Å². The average Bonchev–Trinajstić information content (AvgIpc) is 2.28. The monoisotopic (exact) mass is 226 g/mol. The van der Waals surface area contributed by atoms with Crippen LogP contribution in [0.3, 0.4) is 0 Å². The minimum absolute atomic E-state index is 0.225. The lowest BCUT2D eigenvalue weighted by Gasteiger charge is -2.23. The molecule has 4 heteroatoms. The van der Waals surface area contributed by atoms with Gasteiger partial charge in [-0.25, -0.2) is 0 Å². The van der Waals surface area contributed by atoms with E-state index in [0.29, 0.717) is 11.5 Å². The second-order valence-corrected chi connectivity index (χ2v) is 3.78. The molecule has 0 bridgehead atoms. The molecule has 0 aliphatic rings. The predicted octanol–water partition coefficient (Wildman–Crippen LogP) is 1.56. The Kier molecular flexibility index (Phi) is 4.15. The van der Waals surface area contributed by atoms with Crippen molar-refractivity contribution >= 4 is 0 Å². The van der Waals surface area contributed by atoms with Gasteiger partial charge in [-0.2, -0.15) is 0 Å². The van der Waals surface area contributed by atoms with Crippen molar-refractivity contribution in [1.82, 2.24) is 0 Å². The van der Waals surface area contributed by atoms with E-state index in [1.807, 2.05) is 0 Å². The Labute approximate surface area is 95.8 Å². The van der Waals surface area contributed by atoms with Crippen molar-refractivity contribution in [2.24, 2.45) is 0 Å². The highest BCUT2D eigenvalue weighted by Crippen LogP contribution is 2.32. The van der Waals surface area contributed by atoms with Gasteiger partial charge in [-0.3, -0.25) is 0 Å². The minimum Gasteiger partial charge on any atom is -0.493 e. The SMILES string of the molecule is COCC(C)(O)c1ccc(OC)c(OC)c1. The number of rotatable bonds is 5. The van der Waals surface area contributed by atoms with Crippen LogP contribution in [-0.4, -0.2) is 33.0 Å². The molecule has 0 fully saturated rings. The largest absolute Gasteiger partial charge is 0.493 e. The third-order valence-corrected chi connectivity index (χ3v) is 2.43. The summed E-state index contributed by atoms with van der Waals surface area (Å²) in [6, 6.07) is 5.30. The van der Waals surface area contributed by atoms with Crippen LogP contribution in [0.5, 0.6) is 11.5 Å². The van der Waals surface area contributed by atoms with Gasteiger partial charge >= 0.3 is 0 Å². The molecule has 90 valence electrons. The van der Waals surface area contributed by atoms with Gasteiger partial charge in [0.25, 0.3) is 0 Å². The maximum absolute atomic E-state index is 10.1. The quantitative estimate of drug-likeness (QED) is 0.827. The van der Waals surface area contributed by atoms with E-state index < -0.39 is 5.60 Å². The summed E-state index contributed by atoms with van der Waals surface area (Å²) in [5.41, 5.74) is -0.305. The molecule has 1 N–H and O–H groups in total. The van der Waals surface area contributed by atoms with Gasteiger partial charge in [-0.05, 0) is 24.6 Å². The lowest BCUT2D eigenvalue weighted by atomic mass is 9.96. The summed E-state index contributed by atoms with van der Waals surface area (Å²) in [6.07, 6.45) is 0. The molecule has 1 aromatic carbocycles. The summed E-state index contributed by atoms with van der Waals surface area (Å²) in [6.45, 7) is 1.92. The van der Waals surface area contributed by atoms with E-state index in [0.717, 1.165) is 5.56 Å². The molecule has 1 atom stereocenters. The molecule has 0 spiro atoms. The molecule has 0 saturated heterocycles. The lowest BCUT2D eigenvalue weighted by Crippen LogP contribution is -2.27. The van der Waals surface area contributed by atoms with Crippen molar-refractivity contribution < 1.29 is 19.3 Å². The van der Waals surface area contributed by atoms with Crippen molar-refractivity contribution in [2.45, 2.75) is 12.5 Å².